The molecule has 1 saturated heterocycles. The zero-order valence-electron chi connectivity index (χ0n) is 12.3. The molecule has 0 amide bonds. The van der Waals surface area contributed by atoms with Crippen molar-refractivity contribution in [2.45, 2.75) is 45.3 Å². The summed E-state index contributed by atoms with van der Waals surface area (Å²) in [7, 11) is 0. The Balaban J connectivity index is 2.09. The van der Waals surface area contributed by atoms with Crippen molar-refractivity contribution in [3.8, 4) is 0 Å². The summed E-state index contributed by atoms with van der Waals surface area (Å²) >= 11 is 0. The SMILES string of the molecule is CCCn1cc(C(N)C(C)(C)N2CCOCC2)cn1. The zero-order chi connectivity index (χ0) is 13.9. The van der Waals surface area contributed by atoms with Crippen LogP contribution in [0.3, 0.4) is 0 Å². The molecule has 1 atom stereocenters. The van der Waals surface area contributed by atoms with Gasteiger partial charge >= 0.3 is 0 Å². The molecule has 1 aromatic rings. The third-order valence-corrected chi connectivity index (χ3v) is 4.05. The smallest absolute Gasteiger partial charge is 0.0594 e. The normalized spacial score (nSPS) is 19.6. The summed E-state index contributed by atoms with van der Waals surface area (Å²) in [5, 5.41) is 4.38. The summed E-state index contributed by atoms with van der Waals surface area (Å²) in [5.41, 5.74) is 7.51. The first-order chi connectivity index (χ1) is 9.05. The van der Waals surface area contributed by atoms with Crippen LogP contribution in [0, 0.1) is 0 Å². The summed E-state index contributed by atoms with van der Waals surface area (Å²) in [6.07, 6.45) is 5.07. The van der Waals surface area contributed by atoms with E-state index in [1.165, 1.54) is 0 Å². The van der Waals surface area contributed by atoms with E-state index in [2.05, 4.69) is 37.0 Å². The molecule has 1 aliphatic heterocycles. The lowest BCUT2D eigenvalue weighted by Gasteiger charge is -2.44. The third-order valence-electron chi connectivity index (χ3n) is 4.05. The van der Waals surface area contributed by atoms with E-state index in [0.717, 1.165) is 44.8 Å². The first kappa shape index (κ1) is 14.5. The van der Waals surface area contributed by atoms with Gasteiger partial charge in [-0.3, -0.25) is 9.58 Å². The largest absolute Gasteiger partial charge is 0.379 e. The summed E-state index contributed by atoms with van der Waals surface area (Å²) < 4.78 is 7.39. The van der Waals surface area contributed by atoms with Crippen LogP contribution in [0.25, 0.3) is 0 Å². The highest BCUT2D eigenvalue weighted by atomic mass is 16.5. The molecule has 5 heteroatoms. The van der Waals surface area contributed by atoms with Gasteiger partial charge in [0.05, 0.1) is 25.5 Å². The fourth-order valence-corrected chi connectivity index (χ4v) is 2.64. The van der Waals surface area contributed by atoms with E-state index in [1.807, 2.05) is 10.9 Å². The lowest BCUT2D eigenvalue weighted by Crippen LogP contribution is -2.55. The number of hydrogen-bond acceptors (Lipinski definition) is 4. The Morgan fingerprint density at radius 2 is 2.11 bits per heavy atom. The minimum absolute atomic E-state index is 0.0313. The lowest BCUT2D eigenvalue weighted by atomic mass is 9.89. The van der Waals surface area contributed by atoms with Crippen molar-refractivity contribution in [3.05, 3.63) is 18.0 Å². The summed E-state index contributed by atoms with van der Waals surface area (Å²) in [6.45, 7) is 11.0. The molecule has 0 aliphatic carbocycles. The maximum absolute atomic E-state index is 6.48. The Kier molecular flexibility index (Phi) is 4.60. The summed E-state index contributed by atoms with van der Waals surface area (Å²) in [4.78, 5) is 2.42. The van der Waals surface area contributed by atoms with Crippen LogP contribution in [0.1, 0.15) is 38.8 Å². The second kappa shape index (κ2) is 6.03. The van der Waals surface area contributed by atoms with Crippen LogP contribution in [0.5, 0.6) is 0 Å². The number of aromatic nitrogens is 2. The standard InChI is InChI=1S/C14H26N4O/c1-4-5-18-11-12(10-16-18)13(15)14(2,3)17-6-8-19-9-7-17/h10-11,13H,4-9,15H2,1-3H3. The Labute approximate surface area is 115 Å². The second-order valence-electron chi connectivity index (χ2n) is 5.77. The number of nitrogens with zero attached hydrogens (tertiary/aromatic N) is 3. The van der Waals surface area contributed by atoms with E-state index >= 15 is 0 Å². The van der Waals surface area contributed by atoms with Gasteiger partial charge in [-0.05, 0) is 20.3 Å². The number of morpholine rings is 1. The van der Waals surface area contributed by atoms with Crippen LogP contribution < -0.4 is 5.73 Å². The minimum Gasteiger partial charge on any atom is -0.379 e. The number of aryl methyl sites for hydroxylation is 1. The van der Waals surface area contributed by atoms with E-state index in [9.17, 15) is 0 Å². The number of rotatable bonds is 5. The van der Waals surface area contributed by atoms with Crippen LogP contribution in [0.2, 0.25) is 0 Å². The topological polar surface area (TPSA) is 56.3 Å². The van der Waals surface area contributed by atoms with Gasteiger partial charge in [-0.2, -0.15) is 5.10 Å². The highest BCUT2D eigenvalue weighted by molar-refractivity contribution is 5.16. The van der Waals surface area contributed by atoms with Gasteiger partial charge in [-0.25, -0.2) is 0 Å². The summed E-state index contributed by atoms with van der Waals surface area (Å²) in [5.74, 6) is 0. The molecule has 1 aliphatic rings. The van der Waals surface area contributed by atoms with Crippen molar-refractivity contribution >= 4 is 0 Å². The van der Waals surface area contributed by atoms with Crippen LogP contribution in [-0.4, -0.2) is 46.5 Å². The van der Waals surface area contributed by atoms with Gasteiger partial charge in [0.15, 0.2) is 0 Å². The van der Waals surface area contributed by atoms with Crippen LogP contribution in [0.4, 0.5) is 0 Å². The van der Waals surface area contributed by atoms with E-state index in [0.29, 0.717) is 0 Å². The Morgan fingerprint density at radius 3 is 2.74 bits per heavy atom. The van der Waals surface area contributed by atoms with Gasteiger partial charge in [0.2, 0.25) is 0 Å². The highest BCUT2D eigenvalue weighted by Gasteiger charge is 2.35. The predicted molar refractivity (Wildman–Crippen MR) is 75.9 cm³/mol. The maximum atomic E-state index is 6.48. The molecule has 0 saturated carbocycles. The van der Waals surface area contributed by atoms with E-state index in [-0.39, 0.29) is 11.6 Å². The fraction of sp³-hybridized carbons (Fsp3) is 0.786. The van der Waals surface area contributed by atoms with E-state index < -0.39 is 0 Å². The van der Waals surface area contributed by atoms with Crippen molar-refractivity contribution in [1.82, 2.24) is 14.7 Å². The molecule has 2 rings (SSSR count). The number of hydrogen-bond donors (Lipinski definition) is 1. The van der Waals surface area contributed by atoms with E-state index in [4.69, 9.17) is 10.5 Å². The zero-order valence-corrected chi connectivity index (χ0v) is 12.3. The molecule has 1 fully saturated rings. The monoisotopic (exact) mass is 266 g/mol. The van der Waals surface area contributed by atoms with Gasteiger partial charge in [0.25, 0.3) is 0 Å². The molecule has 108 valence electrons. The van der Waals surface area contributed by atoms with Crippen molar-refractivity contribution < 1.29 is 4.74 Å². The van der Waals surface area contributed by atoms with Crippen molar-refractivity contribution in [3.63, 3.8) is 0 Å². The number of ether oxygens (including phenoxy) is 1. The molecule has 2 heterocycles. The lowest BCUT2D eigenvalue weighted by molar-refractivity contribution is -0.0190. The summed E-state index contributed by atoms with van der Waals surface area (Å²) in [6, 6.07) is -0.0313. The van der Waals surface area contributed by atoms with Gasteiger partial charge in [-0.1, -0.05) is 6.92 Å². The highest BCUT2D eigenvalue weighted by Crippen LogP contribution is 2.29. The average molecular weight is 266 g/mol. The quantitative estimate of drug-likeness (QED) is 0.875. The first-order valence-corrected chi connectivity index (χ1v) is 7.16. The molecule has 0 spiro atoms. The molecule has 5 nitrogen and oxygen atoms in total. The Bertz CT molecular complexity index is 396. The van der Waals surface area contributed by atoms with Crippen molar-refractivity contribution in [2.24, 2.45) is 5.73 Å². The van der Waals surface area contributed by atoms with Crippen LogP contribution in [-0.2, 0) is 11.3 Å². The maximum Gasteiger partial charge on any atom is 0.0594 e. The molecule has 0 radical (unpaired) electrons. The van der Waals surface area contributed by atoms with Crippen molar-refractivity contribution in [1.29, 1.82) is 0 Å². The Hall–Kier alpha value is -0.910. The van der Waals surface area contributed by atoms with Crippen LogP contribution in [0.15, 0.2) is 12.4 Å². The molecular formula is C14H26N4O. The molecule has 1 aromatic heterocycles. The second-order valence-corrected chi connectivity index (χ2v) is 5.77. The van der Waals surface area contributed by atoms with Gasteiger partial charge in [-0.15, -0.1) is 0 Å². The first-order valence-electron chi connectivity index (χ1n) is 7.16. The van der Waals surface area contributed by atoms with Gasteiger partial charge < -0.3 is 10.5 Å². The molecule has 1 unspecified atom stereocenters. The molecule has 0 bridgehead atoms. The van der Waals surface area contributed by atoms with Gasteiger partial charge in [0.1, 0.15) is 0 Å². The third kappa shape index (κ3) is 3.16. The molecular weight excluding hydrogens is 240 g/mol. The average Bonchev–Trinajstić information content (AvgIpc) is 2.88. The number of nitrogens with two attached hydrogens (primary N) is 1. The van der Waals surface area contributed by atoms with Crippen molar-refractivity contribution in [2.75, 3.05) is 26.3 Å². The fourth-order valence-electron chi connectivity index (χ4n) is 2.64. The van der Waals surface area contributed by atoms with Gasteiger partial charge in [0, 0.05) is 36.9 Å². The Morgan fingerprint density at radius 1 is 1.42 bits per heavy atom. The molecule has 0 aromatic carbocycles. The van der Waals surface area contributed by atoms with E-state index in [1.54, 1.807) is 0 Å². The molecule has 2 N–H and O–H groups in total. The predicted octanol–water partition coefficient (Wildman–Crippen LogP) is 1.40. The minimum atomic E-state index is -0.0795. The molecule has 19 heavy (non-hydrogen) atoms. The van der Waals surface area contributed by atoms with Crippen LogP contribution >= 0.6 is 0 Å².